The van der Waals surface area contributed by atoms with Crippen LogP contribution in [-0.4, -0.2) is 96.7 Å². The molecule has 600 valence electrons. The van der Waals surface area contributed by atoms with Gasteiger partial charge >= 0.3 is 39.5 Å². The summed E-state index contributed by atoms with van der Waals surface area (Å²) in [5.41, 5.74) is 0. The summed E-state index contributed by atoms with van der Waals surface area (Å²) in [6.07, 6.45) is 83.6. The predicted molar refractivity (Wildman–Crippen MR) is 427 cm³/mol. The molecule has 3 N–H and O–H groups in total. The highest BCUT2D eigenvalue weighted by molar-refractivity contribution is 7.47. The van der Waals surface area contributed by atoms with Crippen molar-refractivity contribution in [3.05, 3.63) is 109 Å². The van der Waals surface area contributed by atoms with Gasteiger partial charge in [0.05, 0.1) is 26.4 Å². The number of esters is 4. The molecule has 0 bridgehead atoms. The molecule has 17 nitrogen and oxygen atoms in total. The third-order valence-electron chi connectivity index (χ3n) is 17.2. The zero-order valence-corrected chi connectivity index (χ0v) is 67.5. The van der Waals surface area contributed by atoms with Crippen LogP contribution in [0.25, 0.3) is 0 Å². The number of allylic oxidation sites excluding steroid dienone is 18. The van der Waals surface area contributed by atoms with E-state index in [0.29, 0.717) is 32.1 Å². The number of rotatable bonds is 77. The predicted octanol–water partition coefficient (Wildman–Crippen LogP) is 24.1. The first kappa shape index (κ1) is 99.7. The van der Waals surface area contributed by atoms with Crippen LogP contribution in [0.4, 0.5) is 0 Å². The van der Waals surface area contributed by atoms with E-state index >= 15 is 0 Å². The van der Waals surface area contributed by atoms with E-state index in [-0.39, 0.29) is 25.7 Å². The van der Waals surface area contributed by atoms with E-state index in [1.807, 2.05) is 12.2 Å². The van der Waals surface area contributed by atoms with Crippen LogP contribution in [0.2, 0.25) is 0 Å². The molecule has 0 spiro atoms. The molecule has 104 heavy (non-hydrogen) atoms. The number of phosphoric acid groups is 2. The molecule has 0 aliphatic carbocycles. The summed E-state index contributed by atoms with van der Waals surface area (Å²) in [6.45, 7) is 4.73. The molecule has 5 atom stereocenters. The summed E-state index contributed by atoms with van der Waals surface area (Å²) in [5, 5.41) is 10.6. The van der Waals surface area contributed by atoms with Crippen molar-refractivity contribution in [1.29, 1.82) is 0 Å². The normalized spacial score (nSPS) is 14.4. The second-order valence-electron chi connectivity index (χ2n) is 27.3. The SMILES string of the molecule is CCCCC/C=C\C/C=C\C/C=C\C/C=C\C/C=C\CCC(=O)OC[C@H](COP(=O)(O)OC[C@@H](O)COP(=O)(O)OC[C@@H](COC(=O)CCCCCCCCC/C=C\CCCCCC)OC(=O)CCCCCCC/C=C\CCCCCCCC)OC(=O)CCCCCCC/C=C\C/C=C\CCCCC. The van der Waals surface area contributed by atoms with Crippen LogP contribution in [0.3, 0.4) is 0 Å². The van der Waals surface area contributed by atoms with Crippen LogP contribution in [-0.2, 0) is 65.4 Å². The smallest absolute Gasteiger partial charge is 0.462 e. The Morgan fingerprint density at radius 2 is 0.490 bits per heavy atom. The van der Waals surface area contributed by atoms with Gasteiger partial charge in [0.2, 0.25) is 0 Å². The number of unbranched alkanes of at least 4 members (excludes halogenated alkanes) is 33. The highest BCUT2D eigenvalue weighted by atomic mass is 31.2. The number of carbonyl (C=O) groups is 4. The Morgan fingerprint density at radius 3 is 0.817 bits per heavy atom. The van der Waals surface area contributed by atoms with E-state index in [9.17, 15) is 43.2 Å². The van der Waals surface area contributed by atoms with Crippen molar-refractivity contribution < 1.29 is 80.2 Å². The number of phosphoric ester groups is 2. The monoisotopic (exact) mass is 1500 g/mol. The average molecular weight is 1500 g/mol. The third-order valence-corrected chi connectivity index (χ3v) is 19.1. The molecular formula is C85H148O17P2. The second-order valence-corrected chi connectivity index (χ2v) is 30.3. The van der Waals surface area contributed by atoms with E-state index in [2.05, 4.69) is 125 Å². The van der Waals surface area contributed by atoms with Crippen LogP contribution in [0.5, 0.6) is 0 Å². The maximum Gasteiger partial charge on any atom is 0.472 e. The molecule has 0 aromatic carbocycles. The van der Waals surface area contributed by atoms with E-state index in [1.165, 1.54) is 116 Å². The fraction of sp³-hybridized carbons (Fsp3) is 0.741. The van der Waals surface area contributed by atoms with Gasteiger partial charge in [0.25, 0.3) is 0 Å². The van der Waals surface area contributed by atoms with E-state index in [1.54, 1.807) is 0 Å². The minimum absolute atomic E-state index is 0.0340. The van der Waals surface area contributed by atoms with Gasteiger partial charge in [0.15, 0.2) is 12.2 Å². The van der Waals surface area contributed by atoms with Crippen LogP contribution in [0.1, 0.15) is 349 Å². The number of hydrogen-bond acceptors (Lipinski definition) is 15. The zero-order valence-electron chi connectivity index (χ0n) is 65.7. The average Bonchev–Trinajstić information content (AvgIpc) is 0.918. The highest BCUT2D eigenvalue weighted by Gasteiger charge is 2.30. The van der Waals surface area contributed by atoms with Gasteiger partial charge < -0.3 is 33.8 Å². The largest absolute Gasteiger partial charge is 0.472 e. The molecule has 0 fully saturated rings. The Kier molecular flexibility index (Phi) is 73.7. The molecule has 0 aliphatic heterocycles. The summed E-state index contributed by atoms with van der Waals surface area (Å²) >= 11 is 0. The van der Waals surface area contributed by atoms with Gasteiger partial charge in [-0.25, -0.2) is 9.13 Å². The summed E-state index contributed by atoms with van der Waals surface area (Å²) in [6, 6.07) is 0. The van der Waals surface area contributed by atoms with Gasteiger partial charge in [-0.2, -0.15) is 0 Å². The first-order valence-electron chi connectivity index (χ1n) is 41.1. The molecule has 0 saturated heterocycles. The number of carbonyl (C=O) groups excluding carboxylic acids is 4. The van der Waals surface area contributed by atoms with Gasteiger partial charge in [-0.15, -0.1) is 0 Å². The molecule has 0 saturated carbocycles. The van der Waals surface area contributed by atoms with Gasteiger partial charge in [-0.1, -0.05) is 285 Å². The lowest BCUT2D eigenvalue weighted by molar-refractivity contribution is -0.161. The van der Waals surface area contributed by atoms with Crippen molar-refractivity contribution in [1.82, 2.24) is 0 Å². The Balaban J connectivity index is 5.43. The lowest BCUT2D eigenvalue weighted by Gasteiger charge is -2.21. The second kappa shape index (κ2) is 76.9. The Hall–Kier alpha value is -4.28. The summed E-state index contributed by atoms with van der Waals surface area (Å²) in [5.74, 6) is -2.29. The molecule has 19 heteroatoms. The highest BCUT2D eigenvalue weighted by Crippen LogP contribution is 2.45. The van der Waals surface area contributed by atoms with Crippen LogP contribution >= 0.6 is 15.6 Å². The molecular weight excluding hydrogens is 1350 g/mol. The quantitative estimate of drug-likeness (QED) is 0.0169. The van der Waals surface area contributed by atoms with Crippen molar-refractivity contribution in [3.63, 3.8) is 0 Å². The van der Waals surface area contributed by atoms with Gasteiger partial charge in [0, 0.05) is 25.7 Å². The number of ether oxygens (including phenoxy) is 4. The van der Waals surface area contributed by atoms with Crippen molar-refractivity contribution in [2.24, 2.45) is 0 Å². The van der Waals surface area contributed by atoms with Gasteiger partial charge in [0.1, 0.15) is 19.3 Å². The molecule has 0 heterocycles. The summed E-state index contributed by atoms with van der Waals surface area (Å²) in [4.78, 5) is 73.0. The Bertz CT molecular complexity index is 2390. The van der Waals surface area contributed by atoms with Gasteiger partial charge in [-0.3, -0.25) is 37.3 Å². The van der Waals surface area contributed by atoms with E-state index in [0.717, 1.165) is 148 Å². The summed E-state index contributed by atoms with van der Waals surface area (Å²) < 4.78 is 68.6. The molecule has 0 rings (SSSR count). The van der Waals surface area contributed by atoms with Crippen molar-refractivity contribution >= 4 is 39.5 Å². The standard InChI is InChI=1S/C85H148O17P2/c1-5-9-13-17-21-25-29-33-37-38-39-40-44-46-50-54-58-62-66-70-83(88)96-76-81(102-85(90)72-68-64-60-56-52-48-43-36-32-28-24-20-16-12-8-4)78-100-104(93,94)98-74-79(86)73-97-103(91,92)99-77-80(101-84(89)71-67-63-59-55-51-47-42-35-31-27-23-19-15-11-7-3)75-95-82(87)69-65-61-57-53-49-45-41-34-30-26-22-18-14-10-6-2/h21,24-26,28,30,33,35-37,39-40,42-43,46,50,58,62,79-81,86H,5-20,22-23,27,29,31-32,34,38,41,44-45,47-49,51-57,59-61,63-78H2,1-4H3,(H,91,92)(H,93,94)/b25-21-,28-24-,30-26-,37-33-,40-39-,42-35-,43-36-,50-46-,62-58-/t79-,80+,81+/m0/s1. The molecule has 0 radical (unpaired) electrons. The molecule has 0 aromatic heterocycles. The maximum absolute atomic E-state index is 13.1. The van der Waals surface area contributed by atoms with Crippen molar-refractivity contribution in [2.45, 2.75) is 367 Å². The van der Waals surface area contributed by atoms with Crippen LogP contribution < -0.4 is 0 Å². The molecule has 0 aliphatic rings. The number of aliphatic hydroxyl groups excluding tert-OH is 1. The first-order valence-corrected chi connectivity index (χ1v) is 44.1. The van der Waals surface area contributed by atoms with Crippen molar-refractivity contribution in [2.75, 3.05) is 39.6 Å². The third kappa shape index (κ3) is 75.9. The number of hydrogen-bond donors (Lipinski definition) is 3. The summed E-state index contributed by atoms with van der Waals surface area (Å²) in [7, 11) is -9.98. The topological polar surface area (TPSA) is 237 Å². The molecule has 0 amide bonds. The fourth-order valence-electron chi connectivity index (χ4n) is 10.9. The molecule has 2 unspecified atom stereocenters. The van der Waals surface area contributed by atoms with Crippen LogP contribution in [0.15, 0.2) is 109 Å². The maximum atomic E-state index is 13.1. The van der Waals surface area contributed by atoms with Crippen LogP contribution in [0, 0.1) is 0 Å². The first-order chi connectivity index (χ1) is 50.7. The number of aliphatic hydroxyl groups is 1. The lowest BCUT2D eigenvalue weighted by atomic mass is 10.1. The van der Waals surface area contributed by atoms with Gasteiger partial charge in [-0.05, 0) is 148 Å². The molecule has 0 aromatic rings. The Morgan fingerprint density at radius 1 is 0.269 bits per heavy atom. The van der Waals surface area contributed by atoms with E-state index < -0.39 is 97.5 Å². The van der Waals surface area contributed by atoms with Crippen molar-refractivity contribution in [3.8, 4) is 0 Å². The minimum Gasteiger partial charge on any atom is -0.462 e. The van der Waals surface area contributed by atoms with E-state index in [4.69, 9.17) is 37.0 Å². The Labute approximate surface area is 632 Å². The lowest BCUT2D eigenvalue weighted by Crippen LogP contribution is -2.30. The zero-order chi connectivity index (χ0) is 76.0. The minimum atomic E-state index is -5.00. The fourth-order valence-corrected chi connectivity index (χ4v) is 12.4.